The molecule has 0 spiro atoms. The van der Waals surface area contributed by atoms with Crippen molar-refractivity contribution in [1.82, 2.24) is 5.32 Å². The first kappa shape index (κ1) is 16.3. The Kier molecular flexibility index (Phi) is 6.01. The first-order valence-electron chi connectivity index (χ1n) is 8.24. The molecule has 1 aromatic rings. The van der Waals surface area contributed by atoms with Crippen LogP contribution in [0.25, 0.3) is 0 Å². The molecule has 0 radical (unpaired) electrons. The van der Waals surface area contributed by atoms with Gasteiger partial charge in [-0.1, -0.05) is 29.8 Å². The molecule has 1 aromatic carbocycles. The van der Waals surface area contributed by atoms with Crippen LogP contribution in [0.5, 0.6) is 0 Å². The van der Waals surface area contributed by atoms with Gasteiger partial charge < -0.3 is 10.4 Å². The lowest BCUT2D eigenvalue weighted by Crippen LogP contribution is -2.33. The summed E-state index contributed by atoms with van der Waals surface area (Å²) in [7, 11) is 0. The van der Waals surface area contributed by atoms with Crippen molar-refractivity contribution in [3.63, 3.8) is 0 Å². The minimum absolute atomic E-state index is 0.0799. The van der Waals surface area contributed by atoms with E-state index in [-0.39, 0.29) is 6.04 Å². The number of aliphatic hydroxyl groups is 1. The van der Waals surface area contributed by atoms with Crippen LogP contribution in [0.4, 0.5) is 0 Å². The van der Waals surface area contributed by atoms with Gasteiger partial charge in [-0.25, -0.2) is 0 Å². The van der Waals surface area contributed by atoms with E-state index < -0.39 is 6.10 Å². The van der Waals surface area contributed by atoms with Crippen molar-refractivity contribution in [3.05, 3.63) is 46.5 Å². The topological polar surface area (TPSA) is 32.3 Å². The summed E-state index contributed by atoms with van der Waals surface area (Å²) in [4.78, 5) is 0. The van der Waals surface area contributed by atoms with Crippen molar-refractivity contribution >= 4 is 0 Å². The number of hydrogen-bond donors (Lipinski definition) is 2. The Balaban J connectivity index is 1.82. The lowest BCUT2D eigenvalue weighted by molar-refractivity contribution is 0.136. The van der Waals surface area contributed by atoms with Gasteiger partial charge in [-0.2, -0.15) is 0 Å². The molecule has 0 aromatic heterocycles. The molecule has 2 rings (SSSR count). The molecule has 2 atom stereocenters. The van der Waals surface area contributed by atoms with Crippen LogP contribution in [0, 0.1) is 13.8 Å². The molecule has 2 N–H and O–H groups in total. The Bertz CT molecular complexity index is 492. The molecule has 2 nitrogen and oxygen atoms in total. The molecular weight excluding hydrogens is 258 g/mol. The Morgan fingerprint density at radius 1 is 1.19 bits per heavy atom. The molecule has 2 heteroatoms. The van der Waals surface area contributed by atoms with E-state index in [1.807, 2.05) is 6.07 Å². The molecule has 0 saturated carbocycles. The van der Waals surface area contributed by atoms with Crippen molar-refractivity contribution in [2.45, 2.75) is 65.0 Å². The number of nitrogens with one attached hydrogen (secondary N) is 1. The van der Waals surface area contributed by atoms with E-state index in [4.69, 9.17) is 0 Å². The quantitative estimate of drug-likeness (QED) is 0.768. The minimum atomic E-state index is -0.440. The van der Waals surface area contributed by atoms with Crippen molar-refractivity contribution in [2.24, 2.45) is 0 Å². The van der Waals surface area contributed by atoms with Gasteiger partial charge in [0.1, 0.15) is 0 Å². The molecule has 116 valence electrons. The van der Waals surface area contributed by atoms with Crippen molar-refractivity contribution < 1.29 is 5.11 Å². The summed E-state index contributed by atoms with van der Waals surface area (Å²) in [6.07, 6.45) is 8.27. The van der Waals surface area contributed by atoms with Crippen LogP contribution in [0.2, 0.25) is 0 Å². The third-order valence-corrected chi connectivity index (χ3v) is 4.64. The van der Waals surface area contributed by atoms with E-state index in [0.717, 1.165) is 18.5 Å². The summed E-state index contributed by atoms with van der Waals surface area (Å²) < 4.78 is 0. The first-order valence-corrected chi connectivity index (χ1v) is 8.24. The van der Waals surface area contributed by atoms with Gasteiger partial charge in [-0.15, -0.1) is 0 Å². The summed E-state index contributed by atoms with van der Waals surface area (Å²) in [6, 6.07) is 6.31. The van der Waals surface area contributed by atoms with E-state index in [0.29, 0.717) is 0 Å². The monoisotopic (exact) mass is 287 g/mol. The smallest absolute Gasteiger partial charge is 0.0940 e. The molecule has 0 aliphatic heterocycles. The van der Waals surface area contributed by atoms with E-state index >= 15 is 0 Å². The van der Waals surface area contributed by atoms with Crippen LogP contribution in [-0.4, -0.2) is 17.7 Å². The second-order valence-electron chi connectivity index (χ2n) is 6.39. The molecule has 21 heavy (non-hydrogen) atoms. The summed E-state index contributed by atoms with van der Waals surface area (Å²) in [5.74, 6) is 0. The summed E-state index contributed by atoms with van der Waals surface area (Å²) in [5.41, 5.74) is 5.11. The lowest BCUT2D eigenvalue weighted by Gasteiger charge is -2.22. The van der Waals surface area contributed by atoms with Crippen LogP contribution in [0.15, 0.2) is 29.8 Å². The van der Waals surface area contributed by atoms with Gasteiger partial charge in [0.05, 0.1) is 6.10 Å². The van der Waals surface area contributed by atoms with Crippen LogP contribution in [0.1, 0.15) is 61.8 Å². The highest BCUT2D eigenvalue weighted by molar-refractivity contribution is 5.31. The molecule has 0 fully saturated rings. The number of allylic oxidation sites excluding steroid dienone is 1. The standard InChI is InChI=1S/C19H29NO/c1-14-9-10-18(13-15(14)2)19(21)16(3)20-12-11-17-7-5-4-6-8-17/h7,9-10,13,16,19-21H,4-6,8,11-12H2,1-3H3. The van der Waals surface area contributed by atoms with E-state index in [2.05, 4.69) is 44.3 Å². The Morgan fingerprint density at radius 3 is 2.67 bits per heavy atom. The van der Waals surface area contributed by atoms with E-state index in [9.17, 15) is 5.11 Å². The maximum Gasteiger partial charge on any atom is 0.0940 e. The van der Waals surface area contributed by atoms with Gasteiger partial charge in [-0.05, 0) is 76.1 Å². The molecule has 1 aliphatic carbocycles. The number of rotatable bonds is 6. The van der Waals surface area contributed by atoms with Crippen molar-refractivity contribution in [3.8, 4) is 0 Å². The molecule has 2 unspecified atom stereocenters. The largest absolute Gasteiger partial charge is 0.387 e. The average Bonchev–Trinajstić information content (AvgIpc) is 2.50. The first-order chi connectivity index (χ1) is 10.1. The number of hydrogen-bond acceptors (Lipinski definition) is 2. The maximum absolute atomic E-state index is 10.5. The second-order valence-corrected chi connectivity index (χ2v) is 6.39. The third-order valence-electron chi connectivity index (χ3n) is 4.64. The second kappa shape index (κ2) is 7.77. The molecular formula is C19H29NO. The Hall–Kier alpha value is -1.12. The molecule has 0 saturated heterocycles. The van der Waals surface area contributed by atoms with Gasteiger partial charge in [0, 0.05) is 6.04 Å². The van der Waals surface area contributed by atoms with Crippen LogP contribution < -0.4 is 5.32 Å². The Morgan fingerprint density at radius 2 is 2.00 bits per heavy atom. The molecule has 0 heterocycles. The number of benzene rings is 1. The lowest BCUT2D eigenvalue weighted by atomic mass is 9.96. The van der Waals surface area contributed by atoms with Gasteiger partial charge >= 0.3 is 0 Å². The molecule has 0 amide bonds. The predicted molar refractivity (Wildman–Crippen MR) is 89.5 cm³/mol. The average molecular weight is 287 g/mol. The molecule has 1 aliphatic rings. The predicted octanol–water partition coefficient (Wildman–Crippen LogP) is 4.21. The fourth-order valence-electron chi connectivity index (χ4n) is 2.94. The summed E-state index contributed by atoms with van der Waals surface area (Å²) in [5, 5.41) is 13.9. The van der Waals surface area contributed by atoms with Crippen molar-refractivity contribution in [1.29, 1.82) is 0 Å². The zero-order valence-corrected chi connectivity index (χ0v) is 13.7. The third kappa shape index (κ3) is 4.69. The number of aliphatic hydroxyl groups excluding tert-OH is 1. The highest BCUT2D eigenvalue weighted by Crippen LogP contribution is 2.21. The summed E-state index contributed by atoms with van der Waals surface area (Å²) in [6.45, 7) is 7.22. The summed E-state index contributed by atoms with van der Waals surface area (Å²) >= 11 is 0. The number of aryl methyl sites for hydroxylation is 2. The Labute approximate surface area is 129 Å². The fourth-order valence-corrected chi connectivity index (χ4v) is 2.94. The van der Waals surface area contributed by atoms with Crippen LogP contribution in [-0.2, 0) is 0 Å². The fraction of sp³-hybridized carbons (Fsp3) is 0.579. The minimum Gasteiger partial charge on any atom is -0.387 e. The highest BCUT2D eigenvalue weighted by Gasteiger charge is 2.16. The van der Waals surface area contributed by atoms with Crippen molar-refractivity contribution in [2.75, 3.05) is 6.54 Å². The van der Waals surface area contributed by atoms with Gasteiger partial charge in [0.25, 0.3) is 0 Å². The maximum atomic E-state index is 10.5. The van der Waals surface area contributed by atoms with Gasteiger partial charge in [-0.3, -0.25) is 0 Å². The highest BCUT2D eigenvalue weighted by atomic mass is 16.3. The SMILES string of the molecule is Cc1ccc(C(O)C(C)NCCC2=CCCCC2)cc1C. The van der Waals surface area contributed by atoms with Gasteiger partial charge in [0.2, 0.25) is 0 Å². The van der Waals surface area contributed by atoms with Crippen LogP contribution in [0.3, 0.4) is 0 Å². The zero-order chi connectivity index (χ0) is 15.2. The molecule has 0 bridgehead atoms. The zero-order valence-electron chi connectivity index (χ0n) is 13.7. The normalized spacial score (nSPS) is 18.2. The van der Waals surface area contributed by atoms with Gasteiger partial charge in [0.15, 0.2) is 0 Å². The van der Waals surface area contributed by atoms with E-state index in [1.165, 1.54) is 36.8 Å². The van der Waals surface area contributed by atoms with Crippen LogP contribution >= 0.6 is 0 Å². The van der Waals surface area contributed by atoms with E-state index in [1.54, 1.807) is 5.57 Å².